The Hall–Kier alpha value is -3.04. The second-order valence-corrected chi connectivity index (χ2v) is 7.79. The van der Waals surface area contributed by atoms with Gasteiger partial charge in [-0.2, -0.15) is 0 Å². The van der Waals surface area contributed by atoms with E-state index in [0.717, 1.165) is 0 Å². The first-order valence-electron chi connectivity index (χ1n) is 8.95. The number of carbonyl (C=O) groups excluding carboxylic acids is 3. The van der Waals surface area contributed by atoms with Gasteiger partial charge in [0.15, 0.2) is 12.4 Å². The maximum Gasteiger partial charge on any atom is 0.307 e. The van der Waals surface area contributed by atoms with Gasteiger partial charge < -0.3 is 10.1 Å². The van der Waals surface area contributed by atoms with Crippen LogP contribution in [0.5, 0.6) is 0 Å². The molecule has 8 nitrogen and oxygen atoms in total. The predicted molar refractivity (Wildman–Crippen MR) is 107 cm³/mol. The molecule has 0 heterocycles. The number of amides is 1. The molecule has 0 bridgehead atoms. The lowest BCUT2D eigenvalue weighted by atomic mass is 10.1. The molecule has 2 aromatic carbocycles. The van der Waals surface area contributed by atoms with Crippen molar-refractivity contribution in [1.82, 2.24) is 4.72 Å². The van der Waals surface area contributed by atoms with E-state index in [4.69, 9.17) is 4.74 Å². The van der Waals surface area contributed by atoms with E-state index in [0.29, 0.717) is 17.7 Å². The third-order valence-electron chi connectivity index (χ3n) is 3.85. The number of sulfonamides is 1. The summed E-state index contributed by atoms with van der Waals surface area (Å²) >= 11 is 0. The van der Waals surface area contributed by atoms with Crippen LogP contribution in [0.4, 0.5) is 5.69 Å². The third kappa shape index (κ3) is 7.13. The van der Waals surface area contributed by atoms with Gasteiger partial charge in [-0.15, -0.1) is 0 Å². The first kappa shape index (κ1) is 22.3. The molecule has 0 radical (unpaired) electrons. The molecule has 0 fully saturated rings. The average molecular weight is 418 g/mol. The van der Waals surface area contributed by atoms with Crippen LogP contribution in [-0.4, -0.2) is 39.2 Å². The van der Waals surface area contributed by atoms with Crippen LogP contribution in [-0.2, 0) is 24.3 Å². The molecule has 0 aliphatic rings. The fraction of sp³-hybridized carbons (Fsp3) is 0.250. The number of rotatable bonds is 10. The van der Waals surface area contributed by atoms with Crippen molar-refractivity contribution < 1.29 is 27.5 Å². The Bertz CT molecular complexity index is 956. The van der Waals surface area contributed by atoms with Gasteiger partial charge in [0.05, 0.1) is 11.3 Å². The first-order valence-corrected chi connectivity index (χ1v) is 10.4. The molecule has 154 valence electrons. The van der Waals surface area contributed by atoms with Crippen molar-refractivity contribution in [1.29, 1.82) is 0 Å². The van der Waals surface area contributed by atoms with Crippen LogP contribution in [0.15, 0.2) is 59.5 Å². The number of benzene rings is 2. The molecule has 29 heavy (non-hydrogen) atoms. The number of hydrogen-bond donors (Lipinski definition) is 2. The Morgan fingerprint density at radius 1 is 0.966 bits per heavy atom. The maximum absolute atomic E-state index is 12.1. The van der Waals surface area contributed by atoms with Gasteiger partial charge in [0, 0.05) is 24.2 Å². The van der Waals surface area contributed by atoms with E-state index in [-0.39, 0.29) is 23.8 Å². The summed E-state index contributed by atoms with van der Waals surface area (Å²) in [5.41, 5.74) is 0.896. The third-order valence-corrected chi connectivity index (χ3v) is 5.33. The molecule has 2 N–H and O–H groups in total. The standard InChI is InChI=1S/C20H22N2O6S/c1-2-19(24)22-16-10-8-15(9-11-16)18(23)14-28-20(25)12-13-21-29(26,27)17-6-4-3-5-7-17/h3-11,21H,2,12-14H2,1H3,(H,22,24). The van der Waals surface area contributed by atoms with Gasteiger partial charge in [0.25, 0.3) is 0 Å². The molecular formula is C20H22N2O6S. The van der Waals surface area contributed by atoms with Crippen molar-refractivity contribution in [2.24, 2.45) is 0 Å². The summed E-state index contributed by atoms with van der Waals surface area (Å²) in [6.07, 6.45) is 0.138. The summed E-state index contributed by atoms with van der Waals surface area (Å²) in [7, 11) is -3.70. The Balaban J connectivity index is 1.76. The first-order chi connectivity index (χ1) is 13.8. The number of anilines is 1. The lowest BCUT2D eigenvalue weighted by molar-refractivity contribution is -0.142. The number of Topliss-reactive ketones (excluding diaryl/α,β-unsaturated/α-hetero) is 1. The monoisotopic (exact) mass is 418 g/mol. The van der Waals surface area contributed by atoms with Crippen molar-refractivity contribution in [2.45, 2.75) is 24.7 Å². The van der Waals surface area contributed by atoms with Crippen molar-refractivity contribution in [3.05, 3.63) is 60.2 Å². The minimum absolute atomic E-state index is 0.0992. The fourth-order valence-electron chi connectivity index (χ4n) is 2.26. The van der Waals surface area contributed by atoms with E-state index in [1.54, 1.807) is 37.3 Å². The normalized spacial score (nSPS) is 10.9. The van der Waals surface area contributed by atoms with Crippen LogP contribution in [0.3, 0.4) is 0 Å². The summed E-state index contributed by atoms with van der Waals surface area (Å²) in [6.45, 7) is 1.13. The topological polar surface area (TPSA) is 119 Å². The molecule has 0 aliphatic heterocycles. The van der Waals surface area contributed by atoms with Gasteiger partial charge in [0.1, 0.15) is 0 Å². The lowest BCUT2D eigenvalue weighted by Gasteiger charge is -2.08. The van der Waals surface area contributed by atoms with E-state index in [9.17, 15) is 22.8 Å². The second-order valence-electron chi connectivity index (χ2n) is 6.02. The Labute approximate surface area is 169 Å². The number of ether oxygens (including phenoxy) is 1. The van der Waals surface area contributed by atoms with Crippen molar-refractivity contribution in [3.63, 3.8) is 0 Å². The molecule has 2 aromatic rings. The van der Waals surface area contributed by atoms with Crippen LogP contribution in [0.25, 0.3) is 0 Å². The number of esters is 1. The second kappa shape index (κ2) is 10.5. The van der Waals surface area contributed by atoms with Gasteiger partial charge in [-0.05, 0) is 36.4 Å². The van der Waals surface area contributed by atoms with Crippen LogP contribution >= 0.6 is 0 Å². The van der Waals surface area contributed by atoms with E-state index >= 15 is 0 Å². The molecule has 0 spiro atoms. The zero-order chi connectivity index (χ0) is 21.3. The lowest BCUT2D eigenvalue weighted by Crippen LogP contribution is -2.27. The van der Waals surface area contributed by atoms with Gasteiger partial charge in [-0.25, -0.2) is 13.1 Å². The summed E-state index contributed by atoms with van der Waals surface area (Å²) in [5.74, 6) is -1.24. The van der Waals surface area contributed by atoms with Crippen molar-refractivity contribution in [2.75, 3.05) is 18.5 Å². The van der Waals surface area contributed by atoms with E-state index < -0.39 is 28.4 Å². The summed E-state index contributed by atoms with van der Waals surface area (Å²) in [6, 6.07) is 14.0. The molecule has 0 saturated carbocycles. The van der Waals surface area contributed by atoms with Gasteiger partial charge in [0.2, 0.25) is 15.9 Å². The Kier molecular flexibility index (Phi) is 8.05. The van der Waals surface area contributed by atoms with Gasteiger partial charge in [-0.1, -0.05) is 25.1 Å². The summed E-state index contributed by atoms with van der Waals surface area (Å²) in [4.78, 5) is 35.3. The van der Waals surface area contributed by atoms with Crippen molar-refractivity contribution in [3.8, 4) is 0 Å². The highest BCUT2D eigenvalue weighted by Crippen LogP contribution is 2.11. The van der Waals surface area contributed by atoms with Gasteiger partial charge >= 0.3 is 5.97 Å². The molecule has 0 unspecified atom stereocenters. The number of hydrogen-bond acceptors (Lipinski definition) is 6. The highest BCUT2D eigenvalue weighted by atomic mass is 32.2. The highest BCUT2D eigenvalue weighted by Gasteiger charge is 2.15. The summed E-state index contributed by atoms with van der Waals surface area (Å²) in [5, 5.41) is 2.66. The Morgan fingerprint density at radius 3 is 2.24 bits per heavy atom. The van der Waals surface area contributed by atoms with Crippen LogP contribution in [0.2, 0.25) is 0 Å². The smallest absolute Gasteiger partial charge is 0.307 e. The molecule has 1 amide bonds. The predicted octanol–water partition coefficient (Wildman–Crippen LogP) is 2.13. The number of nitrogens with one attached hydrogen (secondary N) is 2. The zero-order valence-corrected chi connectivity index (χ0v) is 16.7. The number of carbonyl (C=O) groups is 3. The van der Waals surface area contributed by atoms with E-state index in [1.165, 1.54) is 24.3 Å². The molecule has 0 aliphatic carbocycles. The maximum atomic E-state index is 12.1. The molecule has 0 saturated heterocycles. The average Bonchev–Trinajstić information content (AvgIpc) is 2.73. The quantitative estimate of drug-likeness (QED) is 0.451. The van der Waals surface area contributed by atoms with Crippen LogP contribution < -0.4 is 10.0 Å². The molecule has 9 heteroatoms. The van der Waals surface area contributed by atoms with Crippen LogP contribution in [0, 0.1) is 0 Å². The van der Waals surface area contributed by atoms with Gasteiger partial charge in [-0.3, -0.25) is 14.4 Å². The van der Waals surface area contributed by atoms with E-state index in [2.05, 4.69) is 10.0 Å². The fourth-order valence-corrected chi connectivity index (χ4v) is 3.31. The Morgan fingerprint density at radius 2 is 1.62 bits per heavy atom. The zero-order valence-electron chi connectivity index (χ0n) is 15.9. The summed E-state index contributed by atoms with van der Waals surface area (Å²) < 4.78 is 31.3. The molecular weight excluding hydrogens is 396 g/mol. The SMILES string of the molecule is CCC(=O)Nc1ccc(C(=O)COC(=O)CCNS(=O)(=O)c2ccccc2)cc1. The molecule has 0 aromatic heterocycles. The van der Waals surface area contributed by atoms with E-state index in [1.807, 2.05) is 0 Å². The minimum Gasteiger partial charge on any atom is -0.457 e. The highest BCUT2D eigenvalue weighted by molar-refractivity contribution is 7.89. The molecule has 0 atom stereocenters. The molecule has 2 rings (SSSR count). The van der Waals surface area contributed by atoms with Crippen molar-refractivity contribution >= 4 is 33.4 Å². The largest absolute Gasteiger partial charge is 0.457 e. The minimum atomic E-state index is -3.70. The number of ketones is 1. The van der Waals surface area contributed by atoms with Crippen LogP contribution in [0.1, 0.15) is 30.1 Å².